The number of hydrogen-bond donors (Lipinski definition) is 1. The van der Waals surface area contributed by atoms with Crippen LogP contribution in [0.2, 0.25) is 0 Å². The van der Waals surface area contributed by atoms with Crippen molar-refractivity contribution in [2.24, 2.45) is 11.8 Å². The predicted molar refractivity (Wildman–Crippen MR) is 88.7 cm³/mol. The zero-order chi connectivity index (χ0) is 15.2. The molecule has 1 fully saturated rings. The van der Waals surface area contributed by atoms with Gasteiger partial charge in [-0.25, -0.2) is 0 Å². The van der Waals surface area contributed by atoms with E-state index in [9.17, 15) is 4.79 Å². The molecule has 1 N–H and O–H groups in total. The molecule has 0 amide bonds. The first-order valence-corrected chi connectivity index (χ1v) is 8.48. The summed E-state index contributed by atoms with van der Waals surface area (Å²) in [6.07, 6.45) is 6.21. The first-order chi connectivity index (χ1) is 10.1. The quantitative estimate of drug-likeness (QED) is 0.760. The van der Waals surface area contributed by atoms with E-state index in [-0.39, 0.29) is 11.7 Å². The fourth-order valence-corrected chi connectivity index (χ4v) is 3.17. The molecule has 0 spiro atoms. The molecule has 1 atom stereocenters. The molecule has 0 aliphatic heterocycles. The predicted octanol–water partition coefficient (Wildman–Crippen LogP) is 4.24. The Morgan fingerprint density at radius 2 is 1.81 bits per heavy atom. The maximum atomic E-state index is 12.8. The molecule has 0 radical (unpaired) electrons. The van der Waals surface area contributed by atoms with E-state index < -0.39 is 0 Å². The molecule has 2 rings (SSSR count). The number of Topliss-reactive ketones (excluding diaryl/α,β-unsaturated/α-hetero) is 1. The van der Waals surface area contributed by atoms with Crippen molar-refractivity contribution >= 4 is 5.78 Å². The highest BCUT2D eigenvalue weighted by atomic mass is 16.1. The van der Waals surface area contributed by atoms with Crippen LogP contribution in [0.15, 0.2) is 24.3 Å². The van der Waals surface area contributed by atoms with Crippen LogP contribution in [-0.2, 0) is 6.42 Å². The van der Waals surface area contributed by atoms with Crippen molar-refractivity contribution in [1.82, 2.24) is 5.32 Å². The molecule has 0 bridgehead atoms. The molecule has 1 aromatic rings. The van der Waals surface area contributed by atoms with Crippen molar-refractivity contribution < 1.29 is 4.79 Å². The van der Waals surface area contributed by atoms with E-state index in [0.717, 1.165) is 18.5 Å². The molecule has 21 heavy (non-hydrogen) atoms. The van der Waals surface area contributed by atoms with E-state index >= 15 is 0 Å². The van der Waals surface area contributed by atoms with Crippen LogP contribution in [0.4, 0.5) is 0 Å². The van der Waals surface area contributed by atoms with Gasteiger partial charge in [-0.05, 0) is 30.7 Å². The van der Waals surface area contributed by atoms with Gasteiger partial charge in [0.25, 0.3) is 0 Å². The van der Waals surface area contributed by atoms with Gasteiger partial charge in [-0.2, -0.15) is 0 Å². The maximum Gasteiger partial charge on any atom is 0.167 e. The lowest BCUT2D eigenvalue weighted by Gasteiger charge is -2.22. The molecule has 0 saturated heterocycles. The summed E-state index contributed by atoms with van der Waals surface area (Å²) < 4.78 is 0. The van der Waals surface area contributed by atoms with Crippen molar-refractivity contribution in [3.63, 3.8) is 0 Å². The number of rotatable bonds is 7. The van der Waals surface area contributed by atoms with E-state index in [1.165, 1.54) is 31.2 Å². The van der Waals surface area contributed by atoms with E-state index in [2.05, 4.69) is 38.2 Å². The van der Waals surface area contributed by atoms with Gasteiger partial charge in [0, 0.05) is 24.1 Å². The first-order valence-electron chi connectivity index (χ1n) is 8.48. The molecule has 2 nitrogen and oxygen atoms in total. The standard InChI is InChI=1S/C19H29NO/c1-4-15-9-11-16(12-10-15)19(21)18(14(2)3)13-20-17-7-5-6-8-17/h9-12,14,17-18,20H,4-8,13H2,1-3H3. The summed E-state index contributed by atoms with van der Waals surface area (Å²) >= 11 is 0. The molecule has 2 heteroatoms. The molecule has 1 aliphatic carbocycles. The summed E-state index contributed by atoms with van der Waals surface area (Å²) in [5.41, 5.74) is 2.15. The van der Waals surface area contributed by atoms with Gasteiger partial charge in [0.15, 0.2) is 5.78 Å². The summed E-state index contributed by atoms with van der Waals surface area (Å²) in [5, 5.41) is 3.62. The molecule has 0 heterocycles. The van der Waals surface area contributed by atoms with Crippen LogP contribution in [0.3, 0.4) is 0 Å². The number of nitrogens with one attached hydrogen (secondary N) is 1. The number of ketones is 1. The Bertz CT molecular complexity index is 443. The highest BCUT2D eigenvalue weighted by Gasteiger charge is 2.25. The minimum atomic E-state index is 0.0816. The lowest BCUT2D eigenvalue weighted by atomic mass is 9.87. The Balaban J connectivity index is 1.99. The van der Waals surface area contributed by atoms with Crippen LogP contribution in [0.1, 0.15) is 62.4 Å². The molecule has 1 unspecified atom stereocenters. The second-order valence-corrected chi connectivity index (χ2v) is 6.65. The summed E-state index contributed by atoms with van der Waals surface area (Å²) in [7, 11) is 0. The third-order valence-corrected chi connectivity index (χ3v) is 4.77. The zero-order valence-corrected chi connectivity index (χ0v) is 13.7. The van der Waals surface area contributed by atoms with E-state index in [1.54, 1.807) is 0 Å². The van der Waals surface area contributed by atoms with Crippen molar-refractivity contribution in [3.8, 4) is 0 Å². The van der Waals surface area contributed by atoms with Crippen LogP contribution in [0.5, 0.6) is 0 Å². The molecule has 1 aromatic carbocycles. The molecule has 1 aliphatic rings. The van der Waals surface area contributed by atoms with E-state index in [1.807, 2.05) is 12.1 Å². The lowest BCUT2D eigenvalue weighted by molar-refractivity contribution is 0.0881. The van der Waals surface area contributed by atoms with Gasteiger partial charge in [0.1, 0.15) is 0 Å². The van der Waals surface area contributed by atoms with Crippen LogP contribution in [-0.4, -0.2) is 18.4 Å². The second kappa shape index (κ2) is 7.74. The number of carbonyl (C=O) groups is 1. The summed E-state index contributed by atoms with van der Waals surface area (Å²) in [5.74, 6) is 0.744. The van der Waals surface area contributed by atoms with Gasteiger partial charge in [-0.3, -0.25) is 4.79 Å². The van der Waals surface area contributed by atoms with Crippen LogP contribution in [0.25, 0.3) is 0 Å². The summed E-state index contributed by atoms with van der Waals surface area (Å²) in [4.78, 5) is 12.8. The molecule has 0 aromatic heterocycles. The van der Waals surface area contributed by atoms with Gasteiger partial charge in [-0.15, -0.1) is 0 Å². The molecular weight excluding hydrogens is 258 g/mol. The largest absolute Gasteiger partial charge is 0.313 e. The summed E-state index contributed by atoms with van der Waals surface area (Å²) in [6, 6.07) is 8.77. The maximum absolute atomic E-state index is 12.8. The van der Waals surface area contributed by atoms with Crippen LogP contribution in [0, 0.1) is 11.8 Å². The van der Waals surface area contributed by atoms with Crippen molar-refractivity contribution in [1.29, 1.82) is 0 Å². The minimum Gasteiger partial charge on any atom is -0.313 e. The fraction of sp³-hybridized carbons (Fsp3) is 0.632. The average molecular weight is 287 g/mol. The molecular formula is C19H29NO. The van der Waals surface area contributed by atoms with Crippen LogP contribution >= 0.6 is 0 Å². The SMILES string of the molecule is CCc1ccc(C(=O)C(CNC2CCCC2)C(C)C)cc1. The molecule has 1 saturated carbocycles. The highest BCUT2D eigenvalue weighted by molar-refractivity contribution is 5.98. The number of carbonyl (C=O) groups excluding carboxylic acids is 1. The third kappa shape index (κ3) is 4.41. The Hall–Kier alpha value is -1.15. The van der Waals surface area contributed by atoms with Crippen molar-refractivity contribution in [3.05, 3.63) is 35.4 Å². The van der Waals surface area contributed by atoms with Gasteiger partial charge in [0.2, 0.25) is 0 Å². The van der Waals surface area contributed by atoms with Crippen LogP contribution < -0.4 is 5.32 Å². The number of aryl methyl sites for hydroxylation is 1. The van der Waals surface area contributed by atoms with E-state index in [0.29, 0.717) is 12.0 Å². The lowest BCUT2D eigenvalue weighted by Crippen LogP contribution is -2.37. The smallest absolute Gasteiger partial charge is 0.167 e. The Kier molecular flexibility index (Phi) is 5.98. The third-order valence-electron chi connectivity index (χ3n) is 4.77. The van der Waals surface area contributed by atoms with Crippen molar-refractivity contribution in [2.45, 2.75) is 58.9 Å². The monoisotopic (exact) mass is 287 g/mol. The number of hydrogen-bond acceptors (Lipinski definition) is 2. The minimum absolute atomic E-state index is 0.0816. The summed E-state index contributed by atoms with van der Waals surface area (Å²) in [6.45, 7) is 7.26. The Morgan fingerprint density at radius 3 is 2.33 bits per heavy atom. The Labute approximate surface area is 129 Å². The fourth-order valence-electron chi connectivity index (χ4n) is 3.17. The average Bonchev–Trinajstić information content (AvgIpc) is 3.00. The topological polar surface area (TPSA) is 29.1 Å². The zero-order valence-electron chi connectivity index (χ0n) is 13.7. The van der Waals surface area contributed by atoms with Gasteiger partial charge >= 0.3 is 0 Å². The normalized spacial score (nSPS) is 17.3. The molecule has 116 valence electrons. The first kappa shape index (κ1) is 16.2. The van der Waals surface area contributed by atoms with E-state index in [4.69, 9.17) is 0 Å². The van der Waals surface area contributed by atoms with Gasteiger partial charge < -0.3 is 5.32 Å². The van der Waals surface area contributed by atoms with Crippen molar-refractivity contribution in [2.75, 3.05) is 6.54 Å². The highest BCUT2D eigenvalue weighted by Crippen LogP contribution is 2.21. The van der Waals surface area contributed by atoms with Gasteiger partial charge in [0.05, 0.1) is 0 Å². The Morgan fingerprint density at radius 1 is 1.19 bits per heavy atom. The number of benzene rings is 1. The second-order valence-electron chi connectivity index (χ2n) is 6.65. The van der Waals surface area contributed by atoms with Gasteiger partial charge in [-0.1, -0.05) is 57.9 Å².